The molecule has 0 aliphatic carbocycles. The lowest BCUT2D eigenvalue weighted by atomic mass is 10.1. The Balaban J connectivity index is 1.57. The van der Waals surface area contributed by atoms with Gasteiger partial charge in [0, 0.05) is 23.7 Å². The van der Waals surface area contributed by atoms with Crippen molar-refractivity contribution >= 4 is 38.3 Å². The Morgan fingerprint density at radius 1 is 1.21 bits per heavy atom. The summed E-state index contributed by atoms with van der Waals surface area (Å²) < 4.78 is 5.66. The molecule has 0 spiro atoms. The quantitative estimate of drug-likeness (QED) is 0.455. The third-order valence-electron chi connectivity index (χ3n) is 4.43. The van der Waals surface area contributed by atoms with Crippen LogP contribution in [0.3, 0.4) is 0 Å². The number of aromatic nitrogens is 3. The Labute approximate surface area is 170 Å². The maximum absolute atomic E-state index is 11.1. The molecule has 2 aromatic carbocycles. The summed E-state index contributed by atoms with van der Waals surface area (Å²) in [5.74, 6) is -0.122. The van der Waals surface area contributed by atoms with Gasteiger partial charge in [-0.1, -0.05) is 65.7 Å². The van der Waals surface area contributed by atoms with Crippen molar-refractivity contribution in [1.29, 1.82) is 0 Å². The van der Waals surface area contributed by atoms with E-state index in [1.165, 1.54) is 0 Å². The van der Waals surface area contributed by atoms with Gasteiger partial charge in [0.2, 0.25) is 0 Å². The highest BCUT2D eigenvalue weighted by Crippen LogP contribution is 2.32. The van der Waals surface area contributed by atoms with Crippen molar-refractivity contribution in [2.45, 2.75) is 26.3 Å². The number of benzene rings is 2. The van der Waals surface area contributed by atoms with Gasteiger partial charge >= 0.3 is 5.76 Å². The lowest BCUT2D eigenvalue weighted by Crippen LogP contribution is -2.23. The van der Waals surface area contributed by atoms with E-state index in [9.17, 15) is 4.79 Å². The van der Waals surface area contributed by atoms with Crippen LogP contribution in [-0.4, -0.2) is 21.7 Å². The minimum atomic E-state index is -0.555. The van der Waals surface area contributed by atoms with Crippen molar-refractivity contribution in [2.24, 2.45) is 0 Å². The third kappa shape index (κ3) is 4.10. The minimum Gasteiger partial charge on any atom is -0.344 e. The van der Waals surface area contributed by atoms with Gasteiger partial charge in [-0.2, -0.15) is 0 Å². The first-order chi connectivity index (χ1) is 13.6. The molecule has 8 heteroatoms. The summed E-state index contributed by atoms with van der Waals surface area (Å²) in [4.78, 5) is 20.8. The number of hydrogen-bond donors (Lipinski definition) is 1. The number of unbranched alkanes of at least 4 members (excludes halogenated alkanes) is 1. The number of aromatic amines is 1. The van der Waals surface area contributed by atoms with E-state index in [4.69, 9.17) is 16.6 Å². The second kappa shape index (κ2) is 8.16. The summed E-state index contributed by atoms with van der Waals surface area (Å²) in [6, 6.07) is 13.7. The predicted octanol–water partition coefficient (Wildman–Crippen LogP) is 5.10. The molecule has 0 atom stereocenters. The van der Waals surface area contributed by atoms with Crippen molar-refractivity contribution < 1.29 is 4.52 Å². The molecule has 0 aliphatic rings. The second-order valence-corrected chi connectivity index (χ2v) is 7.97. The highest BCUT2D eigenvalue weighted by atomic mass is 35.5. The van der Waals surface area contributed by atoms with Crippen LogP contribution in [0.25, 0.3) is 21.6 Å². The van der Waals surface area contributed by atoms with Crippen LogP contribution >= 0.6 is 22.9 Å². The van der Waals surface area contributed by atoms with E-state index in [1.807, 2.05) is 42.5 Å². The van der Waals surface area contributed by atoms with Gasteiger partial charge in [-0.15, -0.1) is 0 Å². The Morgan fingerprint density at radius 2 is 2.04 bits per heavy atom. The molecule has 2 heterocycles. The summed E-state index contributed by atoms with van der Waals surface area (Å²) in [6.45, 7) is 3.87. The minimum absolute atomic E-state index is 0.433. The van der Waals surface area contributed by atoms with Gasteiger partial charge < -0.3 is 4.90 Å². The molecule has 6 nitrogen and oxygen atoms in total. The van der Waals surface area contributed by atoms with Crippen LogP contribution in [0.15, 0.2) is 51.8 Å². The summed E-state index contributed by atoms with van der Waals surface area (Å²) in [5, 5.41) is 5.45. The molecule has 28 heavy (non-hydrogen) atoms. The van der Waals surface area contributed by atoms with Crippen LogP contribution in [0.1, 0.15) is 25.3 Å². The van der Waals surface area contributed by atoms with E-state index in [0.29, 0.717) is 5.82 Å². The largest absolute Gasteiger partial charge is 0.439 e. The number of thiazole rings is 1. The summed E-state index contributed by atoms with van der Waals surface area (Å²) in [5.41, 5.74) is 2.93. The van der Waals surface area contributed by atoms with Crippen molar-refractivity contribution in [3.63, 3.8) is 0 Å². The zero-order valence-electron chi connectivity index (χ0n) is 15.3. The lowest BCUT2D eigenvalue weighted by Gasteiger charge is -2.21. The maximum Gasteiger partial charge on any atom is 0.439 e. The lowest BCUT2D eigenvalue weighted by molar-refractivity contribution is 0.388. The molecule has 2 aromatic heterocycles. The van der Waals surface area contributed by atoms with Crippen LogP contribution < -0.4 is 10.7 Å². The highest BCUT2D eigenvalue weighted by molar-refractivity contribution is 7.22. The Hall–Kier alpha value is -2.64. The number of hydrogen-bond acceptors (Lipinski definition) is 6. The average Bonchev–Trinajstić information content (AvgIpc) is 3.31. The number of rotatable bonds is 7. The molecule has 0 saturated heterocycles. The van der Waals surface area contributed by atoms with Crippen LogP contribution in [-0.2, 0) is 6.54 Å². The molecule has 4 aromatic rings. The molecular formula is C20H19ClN4O2S. The van der Waals surface area contributed by atoms with E-state index in [0.717, 1.165) is 57.4 Å². The van der Waals surface area contributed by atoms with E-state index in [-0.39, 0.29) is 0 Å². The number of fused-ring (bicyclic) bond motifs is 1. The average molecular weight is 415 g/mol. The van der Waals surface area contributed by atoms with Crippen molar-refractivity contribution in [3.05, 3.63) is 63.6 Å². The zero-order chi connectivity index (χ0) is 19.5. The van der Waals surface area contributed by atoms with Crippen LogP contribution in [0.5, 0.6) is 0 Å². The fourth-order valence-electron chi connectivity index (χ4n) is 2.96. The number of halogens is 1. The SMILES string of the molecule is CCCCN(Cc1ccc(-c2noc(=O)[nH]2)cc1)c1nc2ccc(Cl)cc2s1. The summed E-state index contributed by atoms with van der Waals surface area (Å²) in [6.07, 6.45) is 2.21. The molecule has 0 aliphatic heterocycles. The van der Waals surface area contributed by atoms with Crippen molar-refractivity contribution in [2.75, 3.05) is 11.4 Å². The number of anilines is 1. The Kier molecular flexibility index (Phi) is 5.45. The monoisotopic (exact) mass is 414 g/mol. The first-order valence-electron chi connectivity index (χ1n) is 9.08. The van der Waals surface area contributed by atoms with Crippen LogP contribution in [0, 0.1) is 0 Å². The first kappa shape index (κ1) is 18.7. The van der Waals surface area contributed by atoms with E-state index < -0.39 is 5.76 Å². The van der Waals surface area contributed by atoms with E-state index in [1.54, 1.807) is 11.3 Å². The molecule has 144 valence electrons. The highest BCUT2D eigenvalue weighted by Gasteiger charge is 2.13. The van der Waals surface area contributed by atoms with Gasteiger partial charge in [0.05, 0.1) is 10.2 Å². The third-order valence-corrected chi connectivity index (χ3v) is 5.75. The maximum atomic E-state index is 11.1. The topological polar surface area (TPSA) is 75.0 Å². The number of nitrogens with zero attached hydrogens (tertiary/aromatic N) is 3. The summed E-state index contributed by atoms with van der Waals surface area (Å²) >= 11 is 7.78. The first-order valence-corrected chi connectivity index (χ1v) is 10.3. The van der Waals surface area contributed by atoms with Gasteiger partial charge in [0.1, 0.15) is 0 Å². The van der Waals surface area contributed by atoms with Gasteiger partial charge in [-0.25, -0.2) is 9.78 Å². The molecule has 1 N–H and O–H groups in total. The fraction of sp³-hybridized carbons (Fsp3) is 0.250. The molecular weight excluding hydrogens is 396 g/mol. The van der Waals surface area contributed by atoms with Crippen molar-refractivity contribution in [3.8, 4) is 11.4 Å². The molecule has 0 unspecified atom stereocenters. The Bertz CT molecular complexity index is 1130. The van der Waals surface area contributed by atoms with Crippen molar-refractivity contribution in [1.82, 2.24) is 15.1 Å². The van der Waals surface area contributed by atoms with Gasteiger partial charge in [0.25, 0.3) is 0 Å². The normalized spacial score (nSPS) is 11.2. The van der Waals surface area contributed by atoms with E-state index >= 15 is 0 Å². The molecule has 0 radical (unpaired) electrons. The van der Waals surface area contributed by atoms with Gasteiger partial charge in [-0.3, -0.25) is 9.51 Å². The Morgan fingerprint density at radius 3 is 2.75 bits per heavy atom. The van der Waals surface area contributed by atoms with Crippen LogP contribution in [0.2, 0.25) is 5.02 Å². The van der Waals surface area contributed by atoms with Gasteiger partial charge in [0.15, 0.2) is 11.0 Å². The molecule has 0 amide bonds. The van der Waals surface area contributed by atoms with Gasteiger partial charge in [-0.05, 0) is 30.2 Å². The summed E-state index contributed by atoms with van der Waals surface area (Å²) in [7, 11) is 0. The second-order valence-electron chi connectivity index (χ2n) is 6.52. The predicted molar refractivity (Wildman–Crippen MR) is 113 cm³/mol. The smallest absolute Gasteiger partial charge is 0.344 e. The zero-order valence-corrected chi connectivity index (χ0v) is 16.9. The standard InChI is InChI=1S/C20H19ClN4O2S/c1-2-3-10-25(19-22-16-9-8-15(21)11-17(16)28-19)12-13-4-6-14(7-5-13)18-23-20(26)27-24-18/h4-9,11H,2-3,10,12H2,1H3,(H,23,24,26). The number of H-pyrrole nitrogens is 1. The van der Waals surface area contributed by atoms with E-state index in [2.05, 4.69) is 26.5 Å². The molecule has 0 fully saturated rings. The molecule has 0 bridgehead atoms. The molecule has 0 saturated carbocycles. The van der Waals surface area contributed by atoms with Crippen LogP contribution in [0.4, 0.5) is 5.13 Å². The molecule has 4 rings (SSSR count). The number of nitrogens with one attached hydrogen (secondary N) is 1. The fourth-order valence-corrected chi connectivity index (χ4v) is 4.22.